The van der Waals surface area contributed by atoms with Crippen LogP contribution < -0.4 is 0 Å². The summed E-state index contributed by atoms with van der Waals surface area (Å²) in [7, 11) is 0. The van der Waals surface area contributed by atoms with Gasteiger partial charge in [-0.1, -0.05) is 6.92 Å². The van der Waals surface area contributed by atoms with Crippen molar-refractivity contribution in [1.29, 1.82) is 0 Å². The summed E-state index contributed by atoms with van der Waals surface area (Å²) in [6.45, 7) is 4.86. The van der Waals surface area contributed by atoms with Crippen LogP contribution >= 0.6 is 11.6 Å². The first kappa shape index (κ1) is 12.0. The van der Waals surface area contributed by atoms with Crippen molar-refractivity contribution in [1.82, 2.24) is 19.7 Å². The number of aryl methyl sites for hydroxylation is 2. The molecule has 0 N–H and O–H groups in total. The van der Waals surface area contributed by atoms with E-state index in [4.69, 9.17) is 11.6 Å². The summed E-state index contributed by atoms with van der Waals surface area (Å²) in [6.07, 6.45) is 5.57. The van der Waals surface area contributed by atoms with E-state index >= 15 is 0 Å². The number of hydrogen-bond donors (Lipinski definition) is 0. The summed E-state index contributed by atoms with van der Waals surface area (Å²) in [5.41, 5.74) is 2.35. The second kappa shape index (κ2) is 5.27. The number of hydrogen-bond acceptors (Lipinski definition) is 3. The highest BCUT2D eigenvalue weighted by Crippen LogP contribution is 2.15. The fraction of sp³-hybridized carbons (Fsp3) is 0.417. The van der Waals surface area contributed by atoms with Crippen LogP contribution in [0.4, 0.5) is 0 Å². The molecule has 0 unspecified atom stereocenters. The fourth-order valence-corrected chi connectivity index (χ4v) is 1.92. The number of rotatable bonds is 4. The highest BCUT2D eigenvalue weighted by molar-refractivity contribution is 6.28. The third-order valence-electron chi connectivity index (χ3n) is 2.72. The van der Waals surface area contributed by atoms with Gasteiger partial charge in [0, 0.05) is 18.8 Å². The van der Waals surface area contributed by atoms with E-state index in [1.165, 1.54) is 5.56 Å². The first-order valence-electron chi connectivity index (χ1n) is 5.69. The van der Waals surface area contributed by atoms with Crippen LogP contribution in [0.5, 0.6) is 0 Å². The molecule has 0 amide bonds. The smallest absolute Gasteiger partial charge is 0.225 e. The minimum absolute atomic E-state index is 0.449. The van der Waals surface area contributed by atoms with E-state index in [0.717, 1.165) is 24.2 Å². The van der Waals surface area contributed by atoms with Gasteiger partial charge in [0.2, 0.25) is 5.28 Å². The summed E-state index contributed by atoms with van der Waals surface area (Å²) in [4.78, 5) is 4.08. The van der Waals surface area contributed by atoms with Crippen LogP contribution in [0.25, 0.3) is 0 Å². The Morgan fingerprint density at radius 3 is 2.88 bits per heavy atom. The van der Waals surface area contributed by atoms with Crippen LogP contribution in [0.1, 0.15) is 30.3 Å². The molecular weight excluding hydrogens is 236 g/mol. The standard InChI is InChI=1S/C12H15ClN4/c1-3-4-11-15-16-12(13)17(11)8-10-5-6-14-7-9(10)2/h5-7H,3-4,8H2,1-2H3. The quantitative estimate of drug-likeness (QED) is 0.838. The molecule has 0 fully saturated rings. The fourth-order valence-electron chi connectivity index (χ4n) is 1.73. The van der Waals surface area contributed by atoms with Crippen LogP contribution in [-0.4, -0.2) is 19.7 Å². The minimum Gasteiger partial charge on any atom is -0.297 e. The molecule has 2 aromatic heterocycles. The molecule has 17 heavy (non-hydrogen) atoms. The molecule has 0 aliphatic carbocycles. The summed E-state index contributed by atoms with van der Waals surface area (Å²) < 4.78 is 1.95. The first-order chi connectivity index (χ1) is 8.22. The SMILES string of the molecule is CCCc1nnc(Cl)n1Cc1ccncc1C. The lowest BCUT2D eigenvalue weighted by Gasteiger charge is -2.09. The third kappa shape index (κ3) is 2.64. The van der Waals surface area contributed by atoms with Gasteiger partial charge < -0.3 is 0 Å². The Morgan fingerprint density at radius 1 is 1.35 bits per heavy atom. The maximum atomic E-state index is 6.06. The molecule has 0 spiro atoms. The molecule has 5 heteroatoms. The molecule has 0 aliphatic heterocycles. The molecule has 4 nitrogen and oxygen atoms in total. The molecule has 0 aliphatic rings. The molecule has 0 atom stereocenters. The molecular formula is C12H15ClN4. The van der Waals surface area contributed by atoms with Crippen molar-refractivity contribution < 1.29 is 0 Å². The van der Waals surface area contributed by atoms with E-state index in [1.54, 1.807) is 6.20 Å². The highest BCUT2D eigenvalue weighted by Gasteiger charge is 2.10. The van der Waals surface area contributed by atoms with Crippen molar-refractivity contribution in [3.05, 3.63) is 40.7 Å². The van der Waals surface area contributed by atoms with Gasteiger partial charge in [0.05, 0.1) is 6.54 Å². The Morgan fingerprint density at radius 2 is 2.18 bits per heavy atom. The van der Waals surface area contributed by atoms with E-state index in [-0.39, 0.29) is 0 Å². The van der Waals surface area contributed by atoms with Gasteiger partial charge in [-0.15, -0.1) is 10.2 Å². The van der Waals surface area contributed by atoms with Crippen molar-refractivity contribution in [3.63, 3.8) is 0 Å². The predicted molar refractivity (Wildman–Crippen MR) is 67.1 cm³/mol. The average Bonchev–Trinajstić information content (AvgIpc) is 2.65. The normalized spacial score (nSPS) is 10.8. The van der Waals surface area contributed by atoms with Crippen molar-refractivity contribution in [2.75, 3.05) is 0 Å². The lowest BCUT2D eigenvalue weighted by atomic mass is 10.1. The van der Waals surface area contributed by atoms with Gasteiger partial charge in [-0.2, -0.15) is 0 Å². The molecule has 0 saturated heterocycles. The molecule has 2 heterocycles. The van der Waals surface area contributed by atoms with E-state index in [9.17, 15) is 0 Å². The first-order valence-corrected chi connectivity index (χ1v) is 6.07. The highest BCUT2D eigenvalue weighted by atomic mass is 35.5. The largest absolute Gasteiger partial charge is 0.297 e. The maximum absolute atomic E-state index is 6.06. The number of nitrogens with zero attached hydrogens (tertiary/aromatic N) is 4. The van der Waals surface area contributed by atoms with Gasteiger partial charge in [-0.3, -0.25) is 9.55 Å². The molecule has 2 aromatic rings. The molecule has 0 radical (unpaired) electrons. The van der Waals surface area contributed by atoms with E-state index in [1.807, 2.05) is 23.8 Å². The zero-order valence-corrected chi connectivity index (χ0v) is 10.8. The Hall–Kier alpha value is -1.42. The predicted octanol–water partition coefficient (Wildman–Crippen LogP) is 2.64. The summed E-state index contributed by atoms with van der Waals surface area (Å²) in [5.74, 6) is 0.939. The van der Waals surface area contributed by atoms with Crippen LogP contribution in [0, 0.1) is 6.92 Å². The van der Waals surface area contributed by atoms with Crippen molar-refractivity contribution in [2.45, 2.75) is 33.2 Å². The second-order valence-electron chi connectivity index (χ2n) is 4.02. The lowest BCUT2D eigenvalue weighted by molar-refractivity contribution is 0.702. The second-order valence-corrected chi connectivity index (χ2v) is 4.36. The maximum Gasteiger partial charge on any atom is 0.225 e. The molecule has 0 bridgehead atoms. The average molecular weight is 251 g/mol. The Balaban J connectivity index is 2.29. The lowest BCUT2D eigenvalue weighted by Crippen LogP contribution is -2.06. The molecule has 0 saturated carbocycles. The number of halogens is 1. The zero-order valence-electron chi connectivity index (χ0n) is 10.0. The third-order valence-corrected chi connectivity index (χ3v) is 3.00. The van der Waals surface area contributed by atoms with Gasteiger partial charge in [0.25, 0.3) is 0 Å². The topological polar surface area (TPSA) is 43.6 Å². The summed E-state index contributed by atoms with van der Waals surface area (Å²) >= 11 is 6.06. The van der Waals surface area contributed by atoms with Crippen LogP contribution in [0.2, 0.25) is 5.28 Å². The van der Waals surface area contributed by atoms with Gasteiger partial charge in [-0.25, -0.2) is 0 Å². The van der Waals surface area contributed by atoms with E-state index in [2.05, 4.69) is 22.1 Å². The van der Waals surface area contributed by atoms with Crippen LogP contribution in [-0.2, 0) is 13.0 Å². The van der Waals surface area contributed by atoms with Gasteiger partial charge in [0.15, 0.2) is 0 Å². The zero-order chi connectivity index (χ0) is 12.3. The number of pyridine rings is 1. The van der Waals surface area contributed by atoms with E-state index in [0.29, 0.717) is 11.8 Å². The van der Waals surface area contributed by atoms with Crippen molar-refractivity contribution >= 4 is 11.6 Å². The van der Waals surface area contributed by atoms with Crippen LogP contribution in [0.3, 0.4) is 0 Å². The van der Waals surface area contributed by atoms with E-state index < -0.39 is 0 Å². The van der Waals surface area contributed by atoms with Gasteiger partial charge >= 0.3 is 0 Å². The minimum atomic E-state index is 0.449. The Kier molecular flexibility index (Phi) is 3.74. The van der Waals surface area contributed by atoms with Gasteiger partial charge in [0.1, 0.15) is 5.82 Å². The Labute approximate surface area is 106 Å². The van der Waals surface area contributed by atoms with Crippen molar-refractivity contribution in [2.24, 2.45) is 0 Å². The summed E-state index contributed by atoms with van der Waals surface area (Å²) in [6, 6.07) is 2.00. The summed E-state index contributed by atoms with van der Waals surface area (Å²) in [5, 5.41) is 8.47. The molecule has 90 valence electrons. The molecule has 0 aromatic carbocycles. The Bertz CT molecular complexity index is 507. The van der Waals surface area contributed by atoms with Gasteiger partial charge in [-0.05, 0) is 42.1 Å². The monoisotopic (exact) mass is 250 g/mol. The number of aromatic nitrogens is 4. The van der Waals surface area contributed by atoms with Crippen LogP contribution in [0.15, 0.2) is 18.5 Å². The molecule has 2 rings (SSSR count). The van der Waals surface area contributed by atoms with Crippen molar-refractivity contribution in [3.8, 4) is 0 Å².